The molecule has 1 aromatic carbocycles. The first-order valence-electron chi connectivity index (χ1n) is 11.6. The maximum absolute atomic E-state index is 12.9. The Hall–Kier alpha value is -2.42. The van der Waals surface area contributed by atoms with Crippen molar-refractivity contribution in [3.8, 4) is 0 Å². The second kappa shape index (κ2) is 10.2. The van der Waals surface area contributed by atoms with E-state index in [0.717, 1.165) is 79.2 Å². The number of hydrogen-bond acceptors (Lipinski definition) is 7. The average Bonchev–Trinajstić information content (AvgIpc) is 3.29. The predicted octanol–water partition coefficient (Wildman–Crippen LogP) is 3.50. The van der Waals surface area contributed by atoms with Crippen LogP contribution in [0.5, 0.6) is 0 Å². The molecule has 2 aromatic heterocycles. The highest BCUT2D eigenvalue weighted by Gasteiger charge is 2.27. The van der Waals surface area contributed by atoms with E-state index in [9.17, 15) is 4.79 Å². The molecule has 1 N–H and O–H groups in total. The molecule has 0 saturated carbocycles. The number of piperazine rings is 1. The molecule has 3 aromatic rings. The van der Waals surface area contributed by atoms with Gasteiger partial charge in [-0.1, -0.05) is 29.0 Å². The normalized spacial score (nSPS) is 19.7. The third-order valence-electron chi connectivity index (χ3n) is 6.49. The number of halogens is 1. The van der Waals surface area contributed by atoms with Gasteiger partial charge >= 0.3 is 0 Å². The Bertz CT molecular complexity index is 1070. The van der Waals surface area contributed by atoms with Crippen LogP contribution in [0.3, 0.4) is 0 Å². The SMILES string of the molecule is O=C(NCCN1CCN(c2cccc(Cl)c2)CC1)[C@@H]1CCCN(c2nc3cccnc3s2)C1. The molecule has 33 heavy (non-hydrogen) atoms. The minimum atomic E-state index is 0.0124. The van der Waals surface area contributed by atoms with E-state index in [0.29, 0.717) is 6.54 Å². The first kappa shape index (κ1) is 22.4. The van der Waals surface area contributed by atoms with Crippen LogP contribution >= 0.6 is 22.9 Å². The molecule has 7 nitrogen and oxygen atoms in total. The van der Waals surface area contributed by atoms with Gasteiger partial charge in [-0.15, -0.1) is 0 Å². The lowest BCUT2D eigenvalue weighted by molar-refractivity contribution is -0.125. The largest absolute Gasteiger partial charge is 0.369 e. The van der Waals surface area contributed by atoms with Crippen molar-refractivity contribution in [2.24, 2.45) is 5.92 Å². The maximum Gasteiger partial charge on any atom is 0.224 e. The Labute approximate surface area is 203 Å². The van der Waals surface area contributed by atoms with Gasteiger partial charge in [-0.25, -0.2) is 9.97 Å². The third kappa shape index (κ3) is 5.39. The van der Waals surface area contributed by atoms with Crippen molar-refractivity contribution in [3.05, 3.63) is 47.6 Å². The van der Waals surface area contributed by atoms with Gasteiger partial charge in [0.25, 0.3) is 0 Å². The van der Waals surface area contributed by atoms with E-state index in [1.54, 1.807) is 17.5 Å². The number of carbonyl (C=O) groups excluding carboxylic acids is 1. The zero-order chi connectivity index (χ0) is 22.6. The summed E-state index contributed by atoms with van der Waals surface area (Å²) in [5.41, 5.74) is 2.11. The van der Waals surface area contributed by atoms with E-state index in [-0.39, 0.29) is 11.8 Å². The van der Waals surface area contributed by atoms with Gasteiger partial charge in [-0.05, 0) is 43.2 Å². The van der Waals surface area contributed by atoms with E-state index in [1.807, 2.05) is 30.3 Å². The molecule has 1 amide bonds. The lowest BCUT2D eigenvalue weighted by Gasteiger charge is -2.36. The van der Waals surface area contributed by atoms with Gasteiger partial charge in [0.2, 0.25) is 5.91 Å². The highest BCUT2D eigenvalue weighted by molar-refractivity contribution is 7.21. The van der Waals surface area contributed by atoms with Crippen LogP contribution in [0.4, 0.5) is 10.8 Å². The minimum absolute atomic E-state index is 0.0124. The highest BCUT2D eigenvalue weighted by atomic mass is 35.5. The molecule has 5 rings (SSSR count). The van der Waals surface area contributed by atoms with Crippen molar-refractivity contribution in [2.45, 2.75) is 12.8 Å². The molecule has 0 unspecified atom stereocenters. The number of nitrogens with one attached hydrogen (secondary N) is 1. The van der Waals surface area contributed by atoms with Crippen LogP contribution in [-0.4, -0.2) is 73.1 Å². The van der Waals surface area contributed by atoms with Gasteiger partial charge in [-0.3, -0.25) is 9.69 Å². The Morgan fingerprint density at radius 1 is 1.12 bits per heavy atom. The fourth-order valence-electron chi connectivity index (χ4n) is 4.64. The number of aromatic nitrogens is 2. The molecule has 0 radical (unpaired) electrons. The van der Waals surface area contributed by atoms with Gasteiger partial charge in [0.15, 0.2) is 5.13 Å². The summed E-state index contributed by atoms with van der Waals surface area (Å²) in [6, 6.07) is 11.9. The highest BCUT2D eigenvalue weighted by Crippen LogP contribution is 2.30. The summed E-state index contributed by atoms with van der Waals surface area (Å²) in [7, 11) is 0. The third-order valence-corrected chi connectivity index (χ3v) is 7.77. The van der Waals surface area contributed by atoms with E-state index < -0.39 is 0 Å². The predicted molar refractivity (Wildman–Crippen MR) is 135 cm³/mol. The number of pyridine rings is 1. The van der Waals surface area contributed by atoms with Crippen LogP contribution < -0.4 is 15.1 Å². The number of carbonyl (C=O) groups is 1. The van der Waals surface area contributed by atoms with E-state index in [2.05, 4.69) is 31.1 Å². The van der Waals surface area contributed by atoms with E-state index in [1.165, 1.54) is 5.69 Å². The molecule has 0 spiro atoms. The Morgan fingerprint density at radius 3 is 2.82 bits per heavy atom. The van der Waals surface area contributed by atoms with Crippen LogP contribution in [0.15, 0.2) is 42.6 Å². The molecule has 0 aliphatic carbocycles. The quantitative estimate of drug-likeness (QED) is 0.577. The van der Waals surface area contributed by atoms with Crippen LogP contribution in [0, 0.1) is 5.92 Å². The van der Waals surface area contributed by atoms with Gasteiger partial charge in [0, 0.05) is 69.3 Å². The number of hydrogen-bond donors (Lipinski definition) is 1. The number of fused-ring (bicyclic) bond motifs is 1. The zero-order valence-electron chi connectivity index (χ0n) is 18.6. The van der Waals surface area contributed by atoms with Gasteiger partial charge in [0.1, 0.15) is 10.3 Å². The summed E-state index contributed by atoms with van der Waals surface area (Å²) in [5.74, 6) is 0.176. The van der Waals surface area contributed by atoms with Gasteiger partial charge < -0.3 is 15.1 Å². The summed E-state index contributed by atoms with van der Waals surface area (Å²) in [4.78, 5) is 30.0. The number of anilines is 2. The summed E-state index contributed by atoms with van der Waals surface area (Å²) in [6.45, 7) is 7.18. The lowest BCUT2D eigenvalue weighted by Crippen LogP contribution is -2.49. The molecule has 2 aliphatic rings. The van der Waals surface area contributed by atoms with Crippen molar-refractivity contribution in [1.82, 2.24) is 20.2 Å². The lowest BCUT2D eigenvalue weighted by atomic mass is 9.97. The smallest absolute Gasteiger partial charge is 0.224 e. The fourth-order valence-corrected chi connectivity index (χ4v) is 5.77. The summed E-state index contributed by atoms with van der Waals surface area (Å²) in [6.07, 6.45) is 3.74. The number of benzene rings is 1. The molecule has 1 atom stereocenters. The molecule has 2 saturated heterocycles. The summed E-state index contributed by atoms with van der Waals surface area (Å²) in [5, 5.41) is 4.93. The number of nitrogens with zero attached hydrogens (tertiary/aromatic N) is 5. The first-order chi connectivity index (χ1) is 16.2. The first-order valence-corrected chi connectivity index (χ1v) is 12.8. The maximum atomic E-state index is 12.9. The number of amides is 1. The number of thiazole rings is 1. The topological polar surface area (TPSA) is 64.6 Å². The average molecular weight is 485 g/mol. The second-order valence-electron chi connectivity index (χ2n) is 8.71. The molecule has 9 heteroatoms. The molecular formula is C24H29ClN6OS. The fraction of sp³-hybridized carbons (Fsp3) is 0.458. The van der Waals surface area contributed by atoms with Crippen molar-refractivity contribution >= 4 is 50.0 Å². The van der Waals surface area contributed by atoms with E-state index >= 15 is 0 Å². The second-order valence-corrected chi connectivity index (χ2v) is 10.1. The molecule has 4 heterocycles. The number of rotatable bonds is 6. The summed E-state index contributed by atoms with van der Waals surface area (Å²) < 4.78 is 0. The Kier molecular flexibility index (Phi) is 6.94. The zero-order valence-corrected chi connectivity index (χ0v) is 20.2. The van der Waals surface area contributed by atoms with E-state index in [4.69, 9.17) is 16.6 Å². The van der Waals surface area contributed by atoms with Crippen LogP contribution in [0.1, 0.15) is 12.8 Å². The summed E-state index contributed by atoms with van der Waals surface area (Å²) >= 11 is 7.74. The van der Waals surface area contributed by atoms with Crippen molar-refractivity contribution in [2.75, 3.05) is 62.2 Å². The Balaban J connectivity index is 1.07. The van der Waals surface area contributed by atoms with Crippen LogP contribution in [0.2, 0.25) is 5.02 Å². The van der Waals surface area contributed by atoms with Crippen molar-refractivity contribution in [1.29, 1.82) is 0 Å². The number of piperidine rings is 1. The Morgan fingerprint density at radius 2 is 2.00 bits per heavy atom. The monoisotopic (exact) mass is 484 g/mol. The minimum Gasteiger partial charge on any atom is -0.369 e. The molecule has 2 fully saturated rings. The van der Waals surface area contributed by atoms with Crippen molar-refractivity contribution < 1.29 is 4.79 Å². The standard InChI is InChI=1S/C24H29ClN6OS/c25-19-5-1-6-20(16-19)30-14-12-29(13-15-30)11-9-26-22(32)18-4-3-10-31(17-18)24-28-21-7-2-8-27-23(21)33-24/h1-2,5-8,16,18H,3-4,9-15,17H2,(H,26,32)/t18-/m1/s1. The molecule has 0 bridgehead atoms. The van der Waals surface area contributed by atoms with Gasteiger partial charge in [0.05, 0.1) is 5.92 Å². The molecule has 2 aliphatic heterocycles. The van der Waals surface area contributed by atoms with Crippen LogP contribution in [-0.2, 0) is 4.79 Å². The van der Waals surface area contributed by atoms with Crippen LogP contribution in [0.25, 0.3) is 10.3 Å². The molecular weight excluding hydrogens is 456 g/mol. The molecule has 174 valence electrons. The van der Waals surface area contributed by atoms with Gasteiger partial charge in [-0.2, -0.15) is 0 Å². The van der Waals surface area contributed by atoms with Crippen molar-refractivity contribution in [3.63, 3.8) is 0 Å².